The highest BCUT2D eigenvalue weighted by molar-refractivity contribution is 6.17. The zero-order valence-corrected chi connectivity index (χ0v) is 30.5. The minimum atomic E-state index is -0.696. The van der Waals surface area contributed by atoms with E-state index in [0.717, 1.165) is 78.0 Å². The molecule has 0 amide bonds. The van der Waals surface area contributed by atoms with Crippen LogP contribution >= 0.6 is 0 Å². The van der Waals surface area contributed by atoms with Gasteiger partial charge in [-0.15, -0.1) is 0 Å². The van der Waals surface area contributed by atoms with Gasteiger partial charge in [-0.1, -0.05) is 121 Å². The van der Waals surface area contributed by atoms with E-state index >= 15 is 0 Å². The van der Waals surface area contributed by atoms with Crippen molar-refractivity contribution in [1.29, 1.82) is 5.26 Å². The zero-order valence-electron chi connectivity index (χ0n) is 30.5. The van der Waals surface area contributed by atoms with Crippen molar-refractivity contribution in [2.45, 2.75) is 6.92 Å². The van der Waals surface area contributed by atoms with Crippen molar-refractivity contribution in [2.24, 2.45) is 0 Å². The predicted molar refractivity (Wildman–Crippen MR) is 227 cm³/mol. The summed E-state index contributed by atoms with van der Waals surface area (Å²) in [6.07, 6.45) is 4.17. The molecule has 0 atom stereocenters. The molecule has 9 rings (SSSR count). The average molecular weight is 726 g/mol. The van der Waals surface area contributed by atoms with Gasteiger partial charge >= 0.3 is 5.97 Å². The summed E-state index contributed by atoms with van der Waals surface area (Å²) in [7, 11) is 0. The molecule has 8 aromatic rings. The van der Waals surface area contributed by atoms with Crippen molar-refractivity contribution in [3.8, 4) is 50.6 Å². The van der Waals surface area contributed by atoms with E-state index in [1.54, 1.807) is 6.92 Å². The minimum absolute atomic E-state index is 0.116. The van der Waals surface area contributed by atoms with E-state index in [-0.39, 0.29) is 12.2 Å². The fraction of sp³-hybridized carbons (Fsp3) is 0.0408. The Kier molecular flexibility index (Phi) is 8.90. The van der Waals surface area contributed by atoms with Crippen LogP contribution in [-0.4, -0.2) is 32.5 Å². The molecule has 268 valence electrons. The van der Waals surface area contributed by atoms with Crippen LogP contribution in [0.4, 0.5) is 0 Å². The minimum Gasteiger partial charge on any atom is -0.462 e. The number of nitrogens with zero attached hydrogens (tertiary/aromatic N) is 2. The van der Waals surface area contributed by atoms with Gasteiger partial charge in [-0.05, 0) is 71.7 Å². The Morgan fingerprint density at radius 2 is 0.964 bits per heavy atom. The Morgan fingerprint density at radius 1 is 0.554 bits per heavy atom. The number of hydrogen-bond acceptors (Lipinski definition) is 4. The van der Waals surface area contributed by atoms with Crippen LogP contribution in [0.5, 0.6) is 0 Å². The molecular weight excluding hydrogens is 691 g/mol. The molecule has 0 unspecified atom stereocenters. The van der Waals surface area contributed by atoms with Crippen LogP contribution in [0.25, 0.3) is 95.2 Å². The predicted octanol–water partition coefficient (Wildman–Crippen LogP) is 10.9. The molecule has 1 aliphatic rings. The molecule has 0 fully saturated rings. The summed E-state index contributed by atoms with van der Waals surface area (Å²) in [6.45, 7) is 1.86. The molecule has 5 heterocycles. The largest absolute Gasteiger partial charge is 0.462 e. The van der Waals surface area contributed by atoms with Crippen LogP contribution in [0.15, 0.2) is 152 Å². The number of benzene rings is 4. The summed E-state index contributed by atoms with van der Waals surface area (Å²) < 4.78 is 5.46. The van der Waals surface area contributed by atoms with Gasteiger partial charge in [-0.2, -0.15) is 5.26 Å². The summed E-state index contributed by atoms with van der Waals surface area (Å²) in [4.78, 5) is 30.0. The number of aromatic amines is 3. The highest BCUT2D eigenvalue weighted by Crippen LogP contribution is 2.37. The Hall–Kier alpha value is -7.69. The lowest BCUT2D eigenvalue weighted by molar-refractivity contribution is -0.136. The number of carbonyl (C=O) groups excluding carboxylic acids is 1. The number of carbonyl (C=O) groups is 1. The third-order valence-electron chi connectivity index (χ3n) is 10.0. The normalized spacial score (nSPS) is 12.0. The molecule has 56 heavy (non-hydrogen) atoms. The Labute approximate surface area is 322 Å². The molecule has 0 radical (unpaired) electrons. The van der Waals surface area contributed by atoms with Crippen molar-refractivity contribution in [3.63, 3.8) is 0 Å². The second-order valence-electron chi connectivity index (χ2n) is 13.4. The number of rotatable bonds is 6. The second kappa shape index (κ2) is 14.6. The lowest BCUT2D eigenvalue weighted by Gasteiger charge is -2.06. The summed E-state index contributed by atoms with van der Waals surface area (Å²) in [5.74, 6) is -0.696. The van der Waals surface area contributed by atoms with Crippen LogP contribution in [-0.2, 0) is 9.53 Å². The SMILES string of the molecule is CCOC(=O)/C(C#N)=c1\[nH]c2cc1c(-c1ccccc1)c1ccc([nH]1)c(-c1ccccc1)c1nc(c(-c3ccccc3)c3ccc([nH]3)c2-c2ccccc2)C=C1. The van der Waals surface area contributed by atoms with Crippen LogP contribution < -0.4 is 5.35 Å². The molecular formula is C49H35N5O2. The average Bonchev–Trinajstić information content (AvgIpc) is 4.08. The molecule has 4 aromatic carbocycles. The number of esters is 1. The summed E-state index contributed by atoms with van der Waals surface area (Å²) in [6, 6.07) is 53.2. The van der Waals surface area contributed by atoms with E-state index in [1.165, 1.54) is 0 Å². The molecule has 1 aliphatic heterocycles. The molecule has 3 N–H and O–H groups in total. The van der Waals surface area contributed by atoms with Crippen molar-refractivity contribution in [2.75, 3.05) is 6.61 Å². The summed E-state index contributed by atoms with van der Waals surface area (Å²) in [5.41, 5.74) is 13.1. The van der Waals surface area contributed by atoms with E-state index in [9.17, 15) is 10.1 Å². The zero-order chi connectivity index (χ0) is 38.0. The third-order valence-corrected chi connectivity index (χ3v) is 10.0. The topological polar surface area (TPSA) is 110 Å². The number of ether oxygens (including phenoxy) is 1. The van der Waals surface area contributed by atoms with Crippen LogP contribution in [0.3, 0.4) is 0 Å². The summed E-state index contributed by atoms with van der Waals surface area (Å²) in [5, 5.41) is 11.7. The Balaban J connectivity index is 1.57. The van der Waals surface area contributed by atoms with Gasteiger partial charge in [0.2, 0.25) is 0 Å². The number of H-pyrrole nitrogens is 3. The van der Waals surface area contributed by atoms with Crippen LogP contribution in [0, 0.1) is 11.3 Å². The van der Waals surface area contributed by atoms with Gasteiger partial charge in [-0.25, -0.2) is 9.78 Å². The molecule has 0 spiro atoms. The number of nitriles is 1. The summed E-state index contributed by atoms with van der Waals surface area (Å²) >= 11 is 0. The lowest BCUT2D eigenvalue weighted by Crippen LogP contribution is -2.17. The monoisotopic (exact) mass is 725 g/mol. The maximum atomic E-state index is 13.6. The number of nitrogens with one attached hydrogen (secondary N) is 3. The molecule has 4 aromatic heterocycles. The molecule has 0 aliphatic carbocycles. The van der Waals surface area contributed by atoms with Crippen LogP contribution in [0.1, 0.15) is 18.3 Å². The first-order valence-electron chi connectivity index (χ1n) is 18.5. The third kappa shape index (κ3) is 6.15. The van der Waals surface area contributed by atoms with Crippen molar-refractivity contribution in [3.05, 3.63) is 168 Å². The maximum absolute atomic E-state index is 13.6. The fourth-order valence-corrected chi connectivity index (χ4v) is 7.62. The second-order valence-corrected chi connectivity index (χ2v) is 13.4. The van der Waals surface area contributed by atoms with Crippen molar-refractivity contribution < 1.29 is 9.53 Å². The first-order valence-corrected chi connectivity index (χ1v) is 18.5. The van der Waals surface area contributed by atoms with Gasteiger partial charge in [0.1, 0.15) is 6.07 Å². The smallest absolute Gasteiger partial charge is 0.351 e. The molecule has 8 bridgehead atoms. The molecule has 7 nitrogen and oxygen atoms in total. The van der Waals surface area contributed by atoms with Gasteiger partial charge in [0.25, 0.3) is 0 Å². The lowest BCUT2D eigenvalue weighted by atomic mass is 10.0. The van der Waals surface area contributed by atoms with Gasteiger partial charge in [0.05, 0.1) is 23.3 Å². The number of hydrogen-bond donors (Lipinski definition) is 3. The van der Waals surface area contributed by atoms with Crippen LogP contribution in [0.2, 0.25) is 0 Å². The van der Waals surface area contributed by atoms with Gasteiger partial charge in [-0.3, -0.25) is 0 Å². The maximum Gasteiger partial charge on any atom is 0.351 e. The molecule has 7 heteroatoms. The highest BCUT2D eigenvalue weighted by atomic mass is 16.5. The van der Waals surface area contributed by atoms with Gasteiger partial charge in [0.15, 0.2) is 5.57 Å². The first kappa shape index (κ1) is 34.1. The van der Waals surface area contributed by atoms with E-state index in [1.807, 2.05) is 91.0 Å². The first-order chi connectivity index (χ1) is 27.6. The molecule has 0 saturated heterocycles. The highest BCUT2D eigenvalue weighted by Gasteiger charge is 2.20. The van der Waals surface area contributed by atoms with E-state index in [4.69, 9.17) is 9.72 Å². The Morgan fingerprint density at radius 3 is 1.41 bits per heavy atom. The van der Waals surface area contributed by atoms with Gasteiger partial charge < -0.3 is 19.7 Å². The Bertz CT molecular complexity index is 3040. The fourth-order valence-electron chi connectivity index (χ4n) is 7.62. The van der Waals surface area contributed by atoms with E-state index < -0.39 is 5.97 Å². The number of fused-ring (bicyclic) bond motifs is 8. The van der Waals surface area contributed by atoms with Crippen molar-refractivity contribution in [1.82, 2.24) is 19.9 Å². The van der Waals surface area contributed by atoms with E-state index in [2.05, 4.69) is 93.8 Å². The number of aromatic nitrogens is 4. The van der Waals surface area contributed by atoms with Crippen molar-refractivity contribution >= 4 is 56.7 Å². The standard InChI is InChI=1S/C49H35N5O2/c1-2-56-49(55)36(30-50)48-35-29-43(54-48)47(34-21-13-6-14-22-34)42-28-27-41(53-42)46(33-19-11-5-12-20-33)40-26-25-39(52-40)45(32-17-9-4-10-18-32)38-24-23-37(51-38)44(35)31-15-7-3-8-16-31/h3-29,51,53-54H,2H2,1H3/b44-35?,44-37?,45-38?,45-39?,46-40?,46-41?,47-42?,47-43?,48-36-. The quantitative estimate of drug-likeness (QED) is 0.148. The molecule has 0 saturated carbocycles. The van der Waals surface area contributed by atoms with E-state index in [0.29, 0.717) is 16.3 Å². The van der Waals surface area contributed by atoms with Gasteiger partial charge in [0, 0.05) is 55.2 Å².